The molecule has 0 bridgehead atoms. The summed E-state index contributed by atoms with van der Waals surface area (Å²) in [7, 11) is 0. The van der Waals surface area contributed by atoms with Gasteiger partial charge in [-0.2, -0.15) is 0 Å². The van der Waals surface area contributed by atoms with Crippen molar-refractivity contribution in [3.63, 3.8) is 0 Å². The van der Waals surface area contributed by atoms with Gasteiger partial charge >= 0.3 is 0 Å². The summed E-state index contributed by atoms with van der Waals surface area (Å²) in [5.41, 5.74) is 8.35. The molecule has 3 rings (SSSR count). The maximum absolute atomic E-state index is 6.37. The van der Waals surface area contributed by atoms with Crippen LogP contribution in [0.3, 0.4) is 0 Å². The number of hydrogen-bond donors (Lipinski definition) is 1. The highest BCUT2D eigenvalue weighted by Crippen LogP contribution is 2.30. The maximum atomic E-state index is 6.37. The summed E-state index contributed by atoms with van der Waals surface area (Å²) >= 11 is 6.06. The Morgan fingerprint density at radius 1 is 1.30 bits per heavy atom. The molecule has 0 spiro atoms. The normalized spacial score (nSPS) is 18.5. The van der Waals surface area contributed by atoms with Gasteiger partial charge in [0.05, 0.1) is 16.9 Å². The summed E-state index contributed by atoms with van der Waals surface area (Å²) in [6, 6.07) is 3.84. The molecule has 4 heteroatoms. The molecule has 1 fully saturated rings. The summed E-state index contributed by atoms with van der Waals surface area (Å²) in [5.74, 6) is 0.873. The topological polar surface area (TPSA) is 43.3 Å². The van der Waals surface area contributed by atoms with Gasteiger partial charge < -0.3 is 10.1 Å². The van der Waals surface area contributed by atoms with Crippen LogP contribution in [0.15, 0.2) is 24.5 Å². The van der Waals surface area contributed by atoms with Crippen LogP contribution in [0.4, 0.5) is 0 Å². The van der Waals surface area contributed by atoms with Crippen LogP contribution in [0.5, 0.6) is 0 Å². The molecule has 0 aromatic carbocycles. The molecule has 3 nitrogen and oxygen atoms in total. The second kappa shape index (κ2) is 6.15. The standard InChI is InChI=1S/C16H22ClN3/c17-13-7-9-16-19-10-15(20(16)11-13)14(18)8-6-12-4-2-1-3-5-12/h7,9-12,14H,1-6,8,18H2. The highest BCUT2D eigenvalue weighted by atomic mass is 35.5. The summed E-state index contributed by atoms with van der Waals surface area (Å²) in [6.45, 7) is 0. The van der Waals surface area contributed by atoms with Crippen LogP contribution < -0.4 is 5.73 Å². The summed E-state index contributed by atoms with van der Waals surface area (Å²) in [4.78, 5) is 4.40. The maximum Gasteiger partial charge on any atom is 0.137 e. The van der Waals surface area contributed by atoms with Crippen molar-refractivity contribution in [3.05, 3.63) is 35.2 Å². The molecule has 0 radical (unpaired) electrons. The van der Waals surface area contributed by atoms with E-state index in [2.05, 4.69) is 4.98 Å². The van der Waals surface area contributed by atoms with Gasteiger partial charge in [0, 0.05) is 12.2 Å². The van der Waals surface area contributed by atoms with Gasteiger partial charge in [-0.05, 0) is 30.9 Å². The monoisotopic (exact) mass is 291 g/mol. The van der Waals surface area contributed by atoms with Crippen molar-refractivity contribution in [2.24, 2.45) is 11.7 Å². The number of nitrogens with two attached hydrogens (primary N) is 1. The van der Waals surface area contributed by atoms with Crippen molar-refractivity contribution in [1.29, 1.82) is 0 Å². The van der Waals surface area contributed by atoms with E-state index in [1.165, 1.54) is 38.5 Å². The van der Waals surface area contributed by atoms with Gasteiger partial charge in [-0.1, -0.05) is 43.7 Å². The molecule has 0 saturated heterocycles. The van der Waals surface area contributed by atoms with Crippen LogP contribution in [-0.2, 0) is 0 Å². The average Bonchev–Trinajstić information content (AvgIpc) is 2.89. The minimum atomic E-state index is 0.0467. The van der Waals surface area contributed by atoms with E-state index in [1.54, 1.807) is 0 Å². The van der Waals surface area contributed by atoms with Crippen molar-refractivity contribution in [2.45, 2.75) is 51.0 Å². The molecule has 20 heavy (non-hydrogen) atoms. The average molecular weight is 292 g/mol. The number of hydrogen-bond acceptors (Lipinski definition) is 2. The van der Waals surface area contributed by atoms with Gasteiger partial charge in [0.15, 0.2) is 0 Å². The van der Waals surface area contributed by atoms with Crippen LogP contribution in [-0.4, -0.2) is 9.38 Å². The fraction of sp³-hybridized carbons (Fsp3) is 0.562. The number of pyridine rings is 1. The molecule has 1 aliphatic rings. The molecular weight excluding hydrogens is 270 g/mol. The van der Waals surface area contributed by atoms with Gasteiger partial charge in [-0.15, -0.1) is 0 Å². The molecule has 0 aliphatic heterocycles. The third-order valence-electron chi connectivity index (χ3n) is 4.49. The first-order valence-corrected chi connectivity index (χ1v) is 8.00. The Kier molecular flexibility index (Phi) is 4.27. The van der Waals surface area contributed by atoms with Crippen LogP contribution in [0.2, 0.25) is 5.02 Å². The zero-order valence-electron chi connectivity index (χ0n) is 11.8. The molecule has 108 valence electrons. The summed E-state index contributed by atoms with van der Waals surface area (Å²) in [6.07, 6.45) is 13.0. The van der Waals surface area contributed by atoms with Gasteiger partial charge in [0.1, 0.15) is 5.65 Å². The minimum Gasteiger partial charge on any atom is -0.323 e. The molecule has 0 amide bonds. The molecule has 2 aromatic heterocycles. The lowest BCUT2D eigenvalue weighted by Crippen LogP contribution is -2.15. The second-order valence-electron chi connectivity index (χ2n) is 5.95. The van der Waals surface area contributed by atoms with E-state index in [9.17, 15) is 0 Å². The summed E-state index contributed by atoms with van der Waals surface area (Å²) in [5, 5.41) is 0.719. The predicted octanol–water partition coefficient (Wildman–Crippen LogP) is 4.35. The molecule has 1 unspecified atom stereocenters. The van der Waals surface area contributed by atoms with Crippen molar-refractivity contribution in [1.82, 2.24) is 9.38 Å². The van der Waals surface area contributed by atoms with Gasteiger partial charge in [-0.25, -0.2) is 4.98 Å². The quantitative estimate of drug-likeness (QED) is 0.910. The van der Waals surface area contributed by atoms with Crippen molar-refractivity contribution >= 4 is 17.2 Å². The largest absolute Gasteiger partial charge is 0.323 e. The third-order valence-corrected chi connectivity index (χ3v) is 4.71. The Morgan fingerprint density at radius 3 is 2.90 bits per heavy atom. The Hall–Kier alpha value is -1.06. The fourth-order valence-corrected chi connectivity index (χ4v) is 3.45. The summed E-state index contributed by atoms with van der Waals surface area (Å²) < 4.78 is 2.02. The second-order valence-corrected chi connectivity index (χ2v) is 6.38. The number of fused-ring (bicyclic) bond motifs is 1. The van der Waals surface area contributed by atoms with E-state index in [4.69, 9.17) is 17.3 Å². The number of imidazole rings is 1. The molecule has 1 atom stereocenters. The Labute approximate surface area is 125 Å². The van der Waals surface area contributed by atoms with Crippen molar-refractivity contribution < 1.29 is 0 Å². The van der Waals surface area contributed by atoms with E-state index >= 15 is 0 Å². The number of nitrogens with zero attached hydrogens (tertiary/aromatic N) is 2. The van der Waals surface area contributed by atoms with Gasteiger partial charge in [-0.3, -0.25) is 0 Å². The molecular formula is C16H22ClN3. The fourth-order valence-electron chi connectivity index (χ4n) is 3.29. The van der Waals surface area contributed by atoms with Crippen LogP contribution in [0.1, 0.15) is 56.7 Å². The first kappa shape index (κ1) is 13.9. The van der Waals surface area contributed by atoms with Crippen molar-refractivity contribution in [2.75, 3.05) is 0 Å². The lowest BCUT2D eigenvalue weighted by molar-refractivity contribution is 0.323. The van der Waals surface area contributed by atoms with E-state index < -0.39 is 0 Å². The first-order chi connectivity index (χ1) is 9.74. The first-order valence-electron chi connectivity index (χ1n) is 7.62. The van der Waals surface area contributed by atoms with E-state index in [0.29, 0.717) is 0 Å². The Morgan fingerprint density at radius 2 is 2.10 bits per heavy atom. The molecule has 1 aliphatic carbocycles. The lowest BCUT2D eigenvalue weighted by Gasteiger charge is -2.22. The van der Waals surface area contributed by atoms with Crippen molar-refractivity contribution in [3.8, 4) is 0 Å². The number of halogens is 1. The Bertz CT molecular complexity index is 572. The molecule has 2 aromatic rings. The number of aromatic nitrogens is 2. The van der Waals surface area contributed by atoms with Gasteiger partial charge in [0.25, 0.3) is 0 Å². The molecule has 1 saturated carbocycles. The zero-order valence-corrected chi connectivity index (χ0v) is 12.5. The smallest absolute Gasteiger partial charge is 0.137 e. The van der Waals surface area contributed by atoms with E-state index in [1.807, 2.05) is 28.9 Å². The van der Waals surface area contributed by atoms with Gasteiger partial charge in [0.2, 0.25) is 0 Å². The van der Waals surface area contributed by atoms with Crippen LogP contribution in [0, 0.1) is 5.92 Å². The zero-order chi connectivity index (χ0) is 13.9. The highest BCUT2D eigenvalue weighted by molar-refractivity contribution is 6.30. The minimum absolute atomic E-state index is 0.0467. The predicted molar refractivity (Wildman–Crippen MR) is 82.9 cm³/mol. The molecule has 2 N–H and O–H groups in total. The SMILES string of the molecule is NC(CCC1CCCCC1)c1cnc2ccc(Cl)cn12. The van der Waals surface area contributed by atoms with Crippen LogP contribution in [0.25, 0.3) is 5.65 Å². The van der Waals surface area contributed by atoms with Crippen LogP contribution >= 0.6 is 11.6 Å². The van der Waals surface area contributed by atoms with E-state index in [-0.39, 0.29) is 6.04 Å². The Balaban J connectivity index is 1.68. The van der Waals surface area contributed by atoms with E-state index in [0.717, 1.165) is 28.7 Å². The number of rotatable bonds is 4. The highest BCUT2D eigenvalue weighted by Gasteiger charge is 2.17. The third kappa shape index (κ3) is 2.99. The molecule has 2 heterocycles. The lowest BCUT2D eigenvalue weighted by atomic mass is 9.85.